The lowest BCUT2D eigenvalue weighted by Crippen LogP contribution is -2.58. The molecule has 122 valence electrons. The molecule has 3 rings (SSSR count). The molecule has 0 aromatic heterocycles. The number of ether oxygens (including phenoxy) is 3. The van der Waals surface area contributed by atoms with Crippen LogP contribution < -0.4 is 4.74 Å². The first-order valence-corrected chi connectivity index (χ1v) is 7.21. The Morgan fingerprint density at radius 1 is 1.39 bits per heavy atom. The summed E-state index contributed by atoms with van der Waals surface area (Å²) in [6, 6.07) is 3.00. The van der Waals surface area contributed by atoms with Gasteiger partial charge in [-0.15, -0.1) is 0 Å². The Labute approximate surface area is 132 Å². The second kappa shape index (κ2) is 5.26. The van der Waals surface area contributed by atoms with Crippen molar-refractivity contribution in [2.24, 2.45) is 0 Å². The molecule has 0 radical (unpaired) electrons. The van der Waals surface area contributed by atoms with Crippen molar-refractivity contribution in [3.8, 4) is 11.5 Å². The first-order chi connectivity index (χ1) is 10.9. The smallest absolute Gasteiger partial charge is 0.354 e. The number of rotatable bonds is 2. The summed E-state index contributed by atoms with van der Waals surface area (Å²) in [6.45, 7) is 1.72. The van der Waals surface area contributed by atoms with Crippen LogP contribution in [-0.2, 0) is 19.1 Å². The van der Waals surface area contributed by atoms with Gasteiger partial charge in [-0.25, -0.2) is 4.79 Å². The SMILES string of the molecule is COC(=O)[C@]1([C@@H]2CCC(=O)O2)CC(=O)c2c(O)cc(C)cc2O1. The summed E-state index contributed by atoms with van der Waals surface area (Å²) in [4.78, 5) is 36.3. The van der Waals surface area contributed by atoms with Crippen LogP contribution in [0.2, 0.25) is 0 Å². The van der Waals surface area contributed by atoms with Gasteiger partial charge >= 0.3 is 11.9 Å². The van der Waals surface area contributed by atoms with Crippen molar-refractivity contribution < 1.29 is 33.7 Å². The molecule has 0 amide bonds. The van der Waals surface area contributed by atoms with Crippen molar-refractivity contribution >= 4 is 17.7 Å². The summed E-state index contributed by atoms with van der Waals surface area (Å²) in [5.41, 5.74) is -1.02. The van der Waals surface area contributed by atoms with Crippen LogP contribution in [0.5, 0.6) is 11.5 Å². The van der Waals surface area contributed by atoms with Gasteiger partial charge in [0.1, 0.15) is 17.1 Å². The van der Waals surface area contributed by atoms with Gasteiger partial charge in [-0.3, -0.25) is 9.59 Å². The molecule has 0 bridgehead atoms. The Balaban J connectivity index is 2.10. The summed E-state index contributed by atoms with van der Waals surface area (Å²) < 4.78 is 15.8. The Kier molecular flexibility index (Phi) is 3.50. The van der Waals surface area contributed by atoms with E-state index in [-0.39, 0.29) is 36.3 Å². The minimum absolute atomic E-state index is 0.0273. The summed E-state index contributed by atoms with van der Waals surface area (Å²) in [7, 11) is 1.18. The Hall–Kier alpha value is -2.57. The van der Waals surface area contributed by atoms with Gasteiger partial charge < -0.3 is 19.3 Å². The number of benzene rings is 1. The largest absolute Gasteiger partial charge is 0.507 e. The zero-order valence-corrected chi connectivity index (χ0v) is 12.8. The van der Waals surface area contributed by atoms with E-state index in [2.05, 4.69) is 0 Å². The highest BCUT2D eigenvalue weighted by molar-refractivity contribution is 6.06. The van der Waals surface area contributed by atoms with Gasteiger partial charge in [-0.2, -0.15) is 0 Å². The van der Waals surface area contributed by atoms with Crippen molar-refractivity contribution in [2.45, 2.75) is 37.9 Å². The van der Waals surface area contributed by atoms with Gasteiger partial charge in [0.15, 0.2) is 11.9 Å². The lowest BCUT2D eigenvalue weighted by atomic mass is 9.83. The maximum absolute atomic E-state index is 12.5. The third kappa shape index (κ3) is 2.32. The molecule has 1 fully saturated rings. The Bertz CT molecular complexity index is 709. The average Bonchev–Trinajstić information content (AvgIpc) is 2.92. The topological polar surface area (TPSA) is 99.1 Å². The van der Waals surface area contributed by atoms with Gasteiger partial charge in [0.05, 0.1) is 13.5 Å². The number of carbonyl (C=O) groups is 3. The second-order valence-electron chi connectivity index (χ2n) is 5.76. The second-order valence-corrected chi connectivity index (χ2v) is 5.76. The zero-order chi connectivity index (χ0) is 16.8. The maximum Gasteiger partial charge on any atom is 0.354 e. The van der Waals surface area contributed by atoms with Crippen LogP contribution in [0.4, 0.5) is 0 Å². The summed E-state index contributed by atoms with van der Waals surface area (Å²) in [6.07, 6.45) is -0.857. The molecule has 7 nitrogen and oxygen atoms in total. The number of ketones is 1. The molecule has 0 aliphatic carbocycles. The predicted octanol–water partition coefficient (Wildman–Crippen LogP) is 1.28. The number of hydrogen-bond donors (Lipinski definition) is 1. The molecule has 1 aromatic carbocycles. The number of methoxy groups -OCH3 is 1. The molecule has 1 saturated heterocycles. The van der Waals surface area contributed by atoms with E-state index < -0.39 is 29.4 Å². The van der Waals surface area contributed by atoms with Gasteiger partial charge in [0.25, 0.3) is 0 Å². The number of fused-ring (bicyclic) bond motifs is 1. The maximum atomic E-state index is 12.5. The molecule has 0 unspecified atom stereocenters. The molecule has 2 aliphatic rings. The highest BCUT2D eigenvalue weighted by Crippen LogP contribution is 2.43. The highest BCUT2D eigenvalue weighted by Gasteiger charge is 2.57. The molecule has 0 saturated carbocycles. The summed E-state index contributed by atoms with van der Waals surface area (Å²) in [5.74, 6) is -1.81. The molecular formula is C16H16O7. The van der Waals surface area contributed by atoms with Crippen LogP contribution in [0.1, 0.15) is 35.2 Å². The fourth-order valence-corrected chi connectivity index (χ4v) is 3.11. The van der Waals surface area contributed by atoms with Crippen molar-refractivity contribution in [3.05, 3.63) is 23.3 Å². The standard InChI is InChI=1S/C16H16O7/c1-8-5-9(17)14-10(18)7-16(15(20)21-2,23-11(14)6-8)12-3-4-13(19)22-12/h5-6,12,17H,3-4,7H2,1-2H3/t12-,16+/m0/s1. The van der Waals surface area contributed by atoms with Crippen LogP contribution >= 0.6 is 0 Å². The number of aromatic hydroxyl groups is 1. The fraction of sp³-hybridized carbons (Fsp3) is 0.438. The Morgan fingerprint density at radius 3 is 2.74 bits per heavy atom. The van der Waals surface area contributed by atoms with E-state index in [1.54, 1.807) is 13.0 Å². The lowest BCUT2D eigenvalue weighted by Gasteiger charge is -2.38. The minimum atomic E-state index is -1.72. The molecule has 1 aromatic rings. The van der Waals surface area contributed by atoms with Gasteiger partial charge in [0, 0.05) is 6.42 Å². The molecule has 2 atom stereocenters. The number of carbonyl (C=O) groups excluding carboxylic acids is 3. The van der Waals surface area contributed by atoms with Crippen molar-refractivity contribution in [1.82, 2.24) is 0 Å². The highest BCUT2D eigenvalue weighted by atomic mass is 16.6. The molecule has 2 heterocycles. The number of cyclic esters (lactones) is 1. The summed E-state index contributed by atoms with van der Waals surface area (Å²) in [5, 5.41) is 9.98. The van der Waals surface area contributed by atoms with E-state index in [1.165, 1.54) is 13.2 Å². The molecule has 1 N–H and O–H groups in total. The number of phenols is 1. The van der Waals surface area contributed by atoms with Gasteiger partial charge in [-0.05, 0) is 31.0 Å². The van der Waals surface area contributed by atoms with E-state index in [0.29, 0.717) is 5.56 Å². The van der Waals surface area contributed by atoms with E-state index >= 15 is 0 Å². The van der Waals surface area contributed by atoms with E-state index in [1.807, 2.05) is 0 Å². The van der Waals surface area contributed by atoms with Gasteiger partial charge in [-0.1, -0.05) is 0 Å². The third-order valence-electron chi connectivity index (χ3n) is 4.16. The number of Topliss-reactive ketones (excluding diaryl/α,β-unsaturated/α-hetero) is 1. The lowest BCUT2D eigenvalue weighted by molar-refractivity contribution is -0.175. The van der Waals surface area contributed by atoms with Crippen LogP contribution in [0, 0.1) is 6.92 Å². The molecule has 2 aliphatic heterocycles. The van der Waals surface area contributed by atoms with Gasteiger partial charge in [0.2, 0.25) is 5.60 Å². The molecule has 23 heavy (non-hydrogen) atoms. The number of phenolic OH excluding ortho intramolecular Hbond substituents is 1. The first-order valence-electron chi connectivity index (χ1n) is 7.21. The van der Waals surface area contributed by atoms with Crippen LogP contribution in [0.3, 0.4) is 0 Å². The molecule has 7 heteroatoms. The molecule has 0 spiro atoms. The number of esters is 2. The normalized spacial score (nSPS) is 26.3. The van der Waals surface area contributed by atoms with Crippen LogP contribution in [0.15, 0.2) is 12.1 Å². The predicted molar refractivity (Wildman–Crippen MR) is 76.3 cm³/mol. The van der Waals surface area contributed by atoms with Crippen molar-refractivity contribution in [1.29, 1.82) is 0 Å². The number of hydrogen-bond acceptors (Lipinski definition) is 7. The molecular weight excluding hydrogens is 304 g/mol. The van der Waals surface area contributed by atoms with Crippen LogP contribution in [-0.4, -0.2) is 41.6 Å². The third-order valence-corrected chi connectivity index (χ3v) is 4.16. The van der Waals surface area contributed by atoms with E-state index in [0.717, 1.165) is 0 Å². The monoisotopic (exact) mass is 320 g/mol. The van der Waals surface area contributed by atoms with Crippen molar-refractivity contribution in [3.63, 3.8) is 0 Å². The number of aryl methyl sites for hydroxylation is 1. The minimum Gasteiger partial charge on any atom is -0.507 e. The zero-order valence-electron chi connectivity index (χ0n) is 12.8. The fourth-order valence-electron chi connectivity index (χ4n) is 3.11. The van der Waals surface area contributed by atoms with Crippen molar-refractivity contribution in [2.75, 3.05) is 7.11 Å². The average molecular weight is 320 g/mol. The van der Waals surface area contributed by atoms with Crippen LogP contribution in [0.25, 0.3) is 0 Å². The first kappa shape index (κ1) is 15.3. The quantitative estimate of drug-likeness (QED) is 0.819. The Morgan fingerprint density at radius 2 is 2.13 bits per heavy atom. The van der Waals surface area contributed by atoms with E-state index in [9.17, 15) is 19.5 Å². The summed E-state index contributed by atoms with van der Waals surface area (Å²) >= 11 is 0. The van der Waals surface area contributed by atoms with E-state index in [4.69, 9.17) is 14.2 Å².